The van der Waals surface area contributed by atoms with E-state index in [1.165, 1.54) is 6.20 Å². The zero-order valence-corrected chi connectivity index (χ0v) is 8.95. The van der Waals surface area contributed by atoms with E-state index in [0.29, 0.717) is 11.3 Å². The molecule has 0 bridgehead atoms. The summed E-state index contributed by atoms with van der Waals surface area (Å²) in [5.41, 5.74) is 1.43. The maximum atomic E-state index is 10.1. The Morgan fingerprint density at radius 3 is 2.76 bits per heavy atom. The van der Waals surface area contributed by atoms with E-state index in [-0.39, 0.29) is 0 Å². The standard InChI is InChI=1S/C13H10N2O2/c16-13(10-5-6-14-15-8-10)12-7-9-3-1-2-4-11(9)17-12/h1-8,13,16H. The van der Waals surface area contributed by atoms with Gasteiger partial charge in [-0.2, -0.15) is 10.2 Å². The van der Waals surface area contributed by atoms with Crippen LogP contribution in [0.5, 0.6) is 0 Å². The second kappa shape index (κ2) is 3.99. The minimum atomic E-state index is -0.808. The fourth-order valence-electron chi connectivity index (χ4n) is 1.76. The first-order valence-corrected chi connectivity index (χ1v) is 5.28. The van der Waals surface area contributed by atoms with Crippen molar-refractivity contribution >= 4 is 11.0 Å². The van der Waals surface area contributed by atoms with Crippen molar-refractivity contribution in [2.45, 2.75) is 6.10 Å². The molecule has 2 heterocycles. The van der Waals surface area contributed by atoms with Gasteiger partial charge < -0.3 is 9.52 Å². The van der Waals surface area contributed by atoms with Crippen molar-refractivity contribution in [1.29, 1.82) is 0 Å². The second-order valence-corrected chi connectivity index (χ2v) is 3.76. The van der Waals surface area contributed by atoms with Gasteiger partial charge in [-0.1, -0.05) is 18.2 Å². The number of benzene rings is 1. The third-order valence-corrected chi connectivity index (χ3v) is 2.64. The Balaban J connectivity index is 2.04. The smallest absolute Gasteiger partial charge is 0.138 e. The first kappa shape index (κ1) is 9.99. The van der Waals surface area contributed by atoms with Crippen molar-refractivity contribution in [2.24, 2.45) is 0 Å². The molecular weight excluding hydrogens is 216 g/mol. The summed E-state index contributed by atoms with van der Waals surface area (Å²) >= 11 is 0. The fraction of sp³-hybridized carbons (Fsp3) is 0.0769. The molecule has 0 amide bonds. The molecule has 0 saturated heterocycles. The number of para-hydroxylation sites is 1. The third-order valence-electron chi connectivity index (χ3n) is 2.64. The van der Waals surface area contributed by atoms with Gasteiger partial charge in [0.25, 0.3) is 0 Å². The topological polar surface area (TPSA) is 59.2 Å². The normalized spacial score (nSPS) is 12.8. The van der Waals surface area contributed by atoms with Gasteiger partial charge in [-0.15, -0.1) is 0 Å². The molecule has 2 aromatic heterocycles. The molecule has 3 aromatic rings. The molecule has 4 nitrogen and oxygen atoms in total. The summed E-state index contributed by atoms with van der Waals surface area (Å²) in [7, 11) is 0. The average molecular weight is 226 g/mol. The number of furan rings is 1. The molecule has 0 radical (unpaired) electrons. The first-order chi connectivity index (χ1) is 8.34. The van der Waals surface area contributed by atoms with E-state index < -0.39 is 6.10 Å². The number of aromatic nitrogens is 2. The van der Waals surface area contributed by atoms with Gasteiger partial charge in [0.1, 0.15) is 17.4 Å². The number of hydrogen-bond acceptors (Lipinski definition) is 4. The molecule has 0 aliphatic rings. The maximum Gasteiger partial charge on any atom is 0.138 e. The molecule has 0 fully saturated rings. The lowest BCUT2D eigenvalue weighted by molar-refractivity contribution is 0.191. The van der Waals surface area contributed by atoms with Gasteiger partial charge in [-0.25, -0.2) is 0 Å². The Bertz CT molecular complexity index is 601. The van der Waals surface area contributed by atoms with E-state index in [9.17, 15) is 5.11 Å². The Kier molecular flexibility index (Phi) is 2.34. The first-order valence-electron chi connectivity index (χ1n) is 5.28. The molecule has 1 aromatic carbocycles. The van der Waals surface area contributed by atoms with Gasteiger partial charge in [0.15, 0.2) is 0 Å². The van der Waals surface area contributed by atoms with Crippen molar-refractivity contribution in [3.63, 3.8) is 0 Å². The number of nitrogens with zero attached hydrogens (tertiary/aromatic N) is 2. The van der Waals surface area contributed by atoms with Crippen LogP contribution in [0.4, 0.5) is 0 Å². The molecule has 0 saturated carbocycles. The molecular formula is C13H10N2O2. The molecule has 1 atom stereocenters. The summed E-state index contributed by atoms with van der Waals surface area (Å²) in [6.07, 6.45) is 2.26. The average Bonchev–Trinajstić information content (AvgIpc) is 2.82. The minimum absolute atomic E-state index is 0.513. The summed E-state index contributed by atoms with van der Waals surface area (Å²) in [6.45, 7) is 0. The van der Waals surface area contributed by atoms with Crippen LogP contribution >= 0.6 is 0 Å². The molecule has 0 spiro atoms. The number of fused-ring (bicyclic) bond motifs is 1. The monoisotopic (exact) mass is 226 g/mol. The highest BCUT2D eigenvalue weighted by Gasteiger charge is 2.15. The molecule has 0 aliphatic heterocycles. The van der Waals surface area contributed by atoms with Crippen LogP contribution in [0.2, 0.25) is 0 Å². The Labute approximate surface area is 97.5 Å². The van der Waals surface area contributed by atoms with E-state index >= 15 is 0 Å². The summed E-state index contributed by atoms with van der Waals surface area (Å²) in [5.74, 6) is 0.513. The van der Waals surface area contributed by atoms with Crippen molar-refractivity contribution in [2.75, 3.05) is 0 Å². The molecule has 84 valence electrons. The molecule has 0 aliphatic carbocycles. The highest BCUT2D eigenvalue weighted by atomic mass is 16.4. The maximum absolute atomic E-state index is 10.1. The van der Waals surface area contributed by atoms with Crippen LogP contribution in [0.1, 0.15) is 17.4 Å². The summed E-state index contributed by atoms with van der Waals surface area (Å²) < 4.78 is 5.59. The molecule has 1 unspecified atom stereocenters. The number of rotatable bonds is 2. The number of aliphatic hydroxyl groups excluding tert-OH is 1. The van der Waals surface area contributed by atoms with Crippen LogP contribution < -0.4 is 0 Å². The quantitative estimate of drug-likeness (QED) is 0.728. The van der Waals surface area contributed by atoms with Gasteiger partial charge >= 0.3 is 0 Å². The Morgan fingerprint density at radius 2 is 2.00 bits per heavy atom. The molecule has 1 N–H and O–H groups in total. The minimum Gasteiger partial charge on any atom is -0.458 e. The van der Waals surface area contributed by atoms with Crippen LogP contribution in [0, 0.1) is 0 Å². The SMILES string of the molecule is OC(c1ccnnc1)c1cc2ccccc2o1. The summed E-state index contributed by atoms with van der Waals surface area (Å²) in [6, 6.07) is 11.2. The van der Waals surface area contributed by atoms with Gasteiger partial charge in [0.05, 0.1) is 6.20 Å². The lowest BCUT2D eigenvalue weighted by Gasteiger charge is -2.05. The predicted molar refractivity (Wildman–Crippen MR) is 62.3 cm³/mol. The number of hydrogen-bond donors (Lipinski definition) is 1. The fourth-order valence-corrected chi connectivity index (χ4v) is 1.76. The Morgan fingerprint density at radius 1 is 1.12 bits per heavy atom. The van der Waals surface area contributed by atoms with Gasteiger partial charge in [-0.3, -0.25) is 0 Å². The highest BCUT2D eigenvalue weighted by Crippen LogP contribution is 2.27. The lowest BCUT2D eigenvalue weighted by atomic mass is 10.1. The van der Waals surface area contributed by atoms with E-state index in [1.54, 1.807) is 12.3 Å². The Hall–Kier alpha value is -2.20. The van der Waals surface area contributed by atoms with Gasteiger partial charge in [0.2, 0.25) is 0 Å². The molecule has 17 heavy (non-hydrogen) atoms. The van der Waals surface area contributed by atoms with Crippen molar-refractivity contribution in [3.05, 3.63) is 60.1 Å². The largest absolute Gasteiger partial charge is 0.458 e. The van der Waals surface area contributed by atoms with Crippen LogP contribution in [-0.2, 0) is 0 Å². The zero-order chi connectivity index (χ0) is 11.7. The second-order valence-electron chi connectivity index (χ2n) is 3.76. The van der Waals surface area contributed by atoms with Crippen LogP contribution in [-0.4, -0.2) is 15.3 Å². The van der Waals surface area contributed by atoms with E-state index in [4.69, 9.17) is 4.42 Å². The lowest BCUT2D eigenvalue weighted by Crippen LogP contribution is -1.98. The predicted octanol–water partition coefficient (Wildman–Crippen LogP) is 2.30. The zero-order valence-electron chi connectivity index (χ0n) is 8.95. The summed E-state index contributed by atoms with van der Waals surface area (Å²) in [4.78, 5) is 0. The van der Waals surface area contributed by atoms with Crippen molar-refractivity contribution < 1.29 is 9.52 Å². The van der Waals surface area contributed by atoms with Crippen LogP contribution in [0.15, 0.2) is 53.2 Å². The van der Waals surface area contributed by atoms with E-state index in [0.717, 1.165) is 11.0 Å². The van der Waals surface area contributed by atoms with Crippen LogP contribution in [0.25, 0.3) is 11.0 Å². The van der Waals surface area contributed by atoms with Gasteiger partial charge in [-0.05, 0) is 18.2 Å². The van der Waals surface area contributed by atoms with Crippen LogP contribution in [0.3, 0.4) is 0 Å². The van der Waals surface area contributed by atoms with E-state index in [1.807, 2.05) is 30.3 Å². The third kappa shape index (κ3) is 1.79. The van der Waals surface area contributed by atoms with Crippen molar-refractivity contribution in [1.82, 2.24) is 10.2 Å². The molecule has 3 rings (SSSR count). The van der Waals surface area contributed by atoms with Crippen molar-refractivity contribution in [3.8, 4) is 0 Å². The van der Waals surface area contributed by atoms with Gasteiger partial charge in [0, 0.05) is 17.1 Å². The summed E-state index contributed by atoms with van der Waals surface area (Å²) in [5, 5.41) is 18.5. The highest BCUT2D eigenvalue weighted by molar-refractivity contribution is 5.77. The van der Waals surface area contributed by atoms with E-state index in [2.05, 4.69) is 10.2 Å². The molecule has 4 heteroatoms. The number of aliphatic hydroxyl groups is 1.